The number of ether oxygens (including phenoxy) is 1. The van der Waals surface area contributed by atoms with Crippen molar-refractivity contribution in [1.29, 1.82) is 0 Å². The molecule has 3 N–H and O–H groups in total. The van der Waals surface area contributed by atoms with Gasteiger partial charge in [-0.15, -0.1) is 11.3 Å². The van der Waals surface area contributed by atoms with E-state index >= 15 is 0 Å². The van der Waals surface area contributed by atoms with E-state index in [0.717, 1.165) is 21.8 Å². The summed E-state index contributed by atoms with van der Waals surface area (Å²) >= 11 is 1.16. The first kappa shape index (κ1) is 20.6. The number of halogens is 1. The molecule has 1 heterocycles. The second-order valence-electron chi connectivity index (χ2n) is 5.86. The van der Waals surface area contributed by atoms with E-state index < -0.39 is 28.5 Å². The highest BCUT2D eigenvalue weighted by Gasteiger charge is 2.14. The van der Waals surface area contributed by atoms with Gasteiger partial charge in [0.1, 0.15) is 10.7 Å². The van der Waals surface area contributed by atoms with Crippen LogP contribution in [0.1, 0.15) is 9.67 Å². The van der Waals surface area contributed by atoms with Crippen molar-refractivity contribution in [2.45, 2.75) is 4.90 Å². The quantitative estimate of drug-likeness (QED) is 0.579. The van der Waals surface area contributed by atoms with Gasteiger partial charge in [0, 0.05) is 10.6 Å². The van der Waals surface area contributed by atoms with Crippen LogP contribution in [-0.2, 0) is 19.6 Å². The maximum atomic E-state index is 13.0. The third-order valence-electron chi connectivity index (χ3n) is 3.74. The van der Waals surface area contributed by atoms with Crippen molar-refractivity contribution in [3.05, 3.63) is 71.4 Å². The summed E-state index contributed by atoms with van der Waals surface area (Å²) in [5.41, 5.74) is 1.09. The second-order valence-corrected chi connectivity index (χ2v) is 8.51. The van der Waals surface area contributed by atoms with Crippen LogP contribution in [0.2, 0.25) is 0 Å². The van der Waals surface area contributed by atoms with Crippen molar-refractivity contribution in [2.24, 2.45) is 5.14 Å². The van der Waals surface area contributed by atoms with E-state index in [1.165, 1.54) is 36.4 Å². The van der Waals surface area contributed by atoms with Crippen molar-refractivity contribution in [3.8, 4) is 10.4 Å². The van der Waals surface area contributed by atoms with Crippen LogP contribution in [0.25, 0.3) is 10.4 Å². The lowest BCUT2D eigenvalue weighted by Gasteiger charge is -2.06. The zero-order valence-electron chi connectivity index (χ0n) is 14.8. The van der Waals surface area contributed by atoms with Gasteiger partial charge in [-0.25, -0.2) is 22.7 Å². The molecule has 0 unspecified atom stereocenters. The lowest BCUT2D eigenvalue weighted by atomic mass is 10.2. The molecule has 3 rings (SSSR count). The molecule has 150 valence electrons. The SMILES string of the molecule is NS(=O)(=O)c1ccc(NC(=O)COC(=O)c2ccc(-c3ccc(F)cc3)s2)cc1. The van der Waals surface area contributed by atoms with E-state index in [-0.39, 0.29) is 10.7 Å². The van der Waals surface area contributed by atoms with Crippen LogP contribution in [0.4, 0.5) is 10.1 Å². The van der Waals surface area contributed by atoms with E-state index in [4.69, 9.17) is 9.88 Å². The molecule has 0 aliphatic heterocycles. The summed E-state index contributed by atoms with van der Waals surface area (Å²) in [6, 6.07) is 14.4. The number of anilines is 1. The molecular formula is C19H15FN2O5S2. The normalized spacial score (nSPS) is 11.1. The monoisotopic (exact) mass is 434 g/mol. The largest absolute Gasteiger partial charge is 0.451 e. The number of carbonyl (C=O) groups is 2. The maximum Gasteiger partial charge on any atom is 0.348 e. The Hall–Kier alpha value is -3.08. The zero-order chi connectivity index (χ0) is 21.0. The van der Waals surface area contributed by atoms with Crippen molar-refractivity contribution in [3.63, 3.8) is 0 Å². The standard InChI is InChI=1S/C19H15FN2O5S2/c20-13-3-1-12(2-4-13)16-9-10-17(28-16)19(24)27-11-18(23)22-14-5-7-15(8-6-14)29(21,25)26/h1-10H,11H2,(H,22,23)(H2,21,25,26). The van der Waals surface area contributed by atoms with E-state index in [9.17, 15) is 22.4 Å². The molecule has 2 aromatic carbocycles. The highest BCUT2D eigenvalue weighted by atomic mass is 32.2. The third kappa shape index (κ3) is 5.47. The van der Waals surface area contributed by atoms with Gasteiger partial charge in [0.2, 0.25) is 10.0 Å². The summed E-state index contributed by atoms with van der Waals surface area (Å²) in [6.07, 6.45) is 0. The van der Waals surface area contributed by atoms with Gasteiger partial charge >= 0.3 is 5.97 Å². The fourth-order valence-electron chi connectivity index (χ4n) is 2.34. The first-order valence-corrected chi connectivity index (χ1v) is 10.5. The van der Waals surface area contributed by atoms with Gasteiger partial charge in [-0.3, -0.25) is 4.79 Å². The molecular weight excluding hydrogens is 419 g/mol. The summed E-state index contributed by atoms with van der Waals surface area (Å²) in [5.74, 6) is -1.60. The number of nitrogens with one attached hydrogen (secondary N) is 1. The molecule has 0 aliphatic carbocycles. The molecule has 1 aromatic heterocycles. The lowest BCUT2D eigenvalue weighted by Crippen LogP contribution is -2.20. The first-order chi connectivity index (χ1) is 13.7. The highest BCUT2D eigenvalue weighted by molar-refractivity contribution is 7.89. The second kappa shape index (κ2) is 8.52. The number of thiophene rings is 1. The zero-order valence-corrected chi connectivity index (χ0v) is 16.4. The molecule has 0 bridgehead atoms. The molecule has 0 saturated heterocycles. The number of primary sulfonamides is 1. The van der Waals surface area contributed by atoms with Crippen molar-refractivity contribution in [2.75, 3.05) is 11.9 Å². The molecule has 3 aromatic rings. The minimum absolute atomic E-state index is 0.0865. The van der Waals surface area contributed by atoms with Crippen LogP contribution >= 0.6 is 11.3 Å². The number of hydrogen-bond acceptors (Lipinski definition) is 6. The van der Waals surface area contributed by atoms with Gasteiger partial charge in [0.25, 0.3) is 5.91 Å². The number of benzene rings is 2. The Morgan fingerprint density at radius 1 is 1.00 bits per heavy atom. The number of sulfonamides is 1. The van der Waals surface area contributed by atoms with Gasteiger partial charge in [-0.05, 0) is 54.1 Å². The Labute approximate surface area is 170 Å². The molecule has 29 heavy (non-hydrogen) atoms. The topological polar surface area (TPSA) is 116 Å². The van der Waals surface area contributed by atoms with Gasteiger partial charge < -0.3 is 10.1 Å². The Bertz CT molecular complexity index is 1140. The molecule has 0 atom stereocenters. The molecule has 10 heteroatoms. The van der Waals surface area contributed by atoms with Crippen LogP contribution in [-0.4, -0.2) is 26.9 Å². The number of amides is 1. The van der Waals surface area contributed by atoms with Gasteiger partial charge in [0.15, 0.2) is 6.61 Å². The predicted molar refractivity (Wildman–Crippen MR) is 106 cm³/mol. The summed E-state index contributed by atoms with van der Waals surface area (Å²) in [4.78, 5) is 25.0. The van der Waals surface area contributed by atoms with Gasteiger partial charge in [-0.2, -0.15) is 0 Å². The van der Waals surface area contributed by atoms with Crippen molar-refractivity contribution >= 4 is 38.9 Å². The minimum Gasteiger partial charge on any atom is -0.451 e. The van der Waals surface area contributed by atoms with E-state index in [1.807, 2.05) is 0 Å². The summed E-state index contributed by atoms with van der Waals surface area (Å²) in [5, 5.41) is 7.48. The summed E-state index contributed by atoms with van der Waals surface area (Å²) in [6.45, 7) is -0.514. The minimum atomic E-state index is -3.82. The Kier molecular flexibility index (Phi) is 6.06. The maximum absolute atomic E-state index is 13.0. The predicted octanol–water partition coefficient (Wildman–Crippen LogP) is 3.00. The fraction of sp³-hybridized carbons (Fsp3) is 0.0526. The summed E-state index contributed by atoms with van der Waals surface area (Å²) < 4.78 is 40.4. The Morgan fingerprint density at radius 3 is 2.28 bits per heavy atom. The van der Waals surface area contributed by atoms with Crippen LogP contribution in [0.5, 0.6) is 0 Å². The molecule has 7 nitrogen and oxygen atoms in total. The van der Waals surface area contributed by atoms with Crippen molar-refractivity contribution in [1.82, 2.24) is 0 Å². The van der Waals surface area contributed by atoms with Crippen LogP contribution in [0, 0.1) is 5.82 Å². The lowest BCUT2D eigenvalue weighted by molar-refractivity contribution is -0.119. The van der Waals surface area contributed by atoms with Crippen LogP contribution in [0.15, 0.2) is 65.6 Å². The number of carbonyl (C=O) groups excluding carboxylic acids is 2. The number of hydrogen-bond donors (Lipinski definition) is 2. The van der Waals surface area contributed by atoms with Gasteiger partial charge in [0.05, 0.1) is 4.90 Å². The van der Waals surface area contributed by atoms with E-state index in [1.54, 1.807) is 24.3 Å². The third-order valence-corrected chi connectivity index (χ3v) is 5.78. The van der Waals surface area contributed by atoms with Gasteiger partial charge in [-0.1, -0.05) is 12.1 Å². The molecule has 1 amide bonds. The fourth-order valence-corrected chi connectivity index (χ4v) is 3.76. The highest BCUT2D eigenvalue weighted by Crippen LogP contribution is 2.28. The van der Waals surface area contributed by atoms with Crippen LogP contribution < -0.4 is 10.5 Å². The number of nitrogens with two attached hydrogens (primary N) is 1. The molecule has 0 spiro atoms. The number of rotatable bonds is 6. The summed E-state index contributed by atoms with van der Waals surface area (Å²) in [7, 11) is -3.82. The average molecular weight is 434 g/mol. The molecule has 0 radical (unpaired) electrons. The molecule has 0 fully saturated rings. The van der Waals surface area contributed by atoms with Crippen molar-refractivity contribution < 1.29 is 27.1 Å². The Morgan fingerprint density at radius 2 is 1.66 bits per heavy atom. The van der Waals surface area contributed by atoms with E-state index in [0.29, 0.717) is 10.6 Å². The van der Waals surface area contributed by atoms with Crippen LogP contribution in [0.3, 0.4) is 0 Å². The first-order valence-electron chi connectivity index (χ1n) is 8.18. The number of esters is 1. The molecule has 0 saturated carbocycles. The van der Waals surface area contributed by atoms with E-state index in [2.05, 4.69) is 5.32 Å². The average Bonchev–Trinajstić information content (AvgIpc) is 3.17. The smallest absolute Gasteiger partial charge is 0.348 e. The molecule has 0 aliphatic rings. The Balaban J connectivity index is 1.55.